The van der Waals surface area contributed by atoms with E-state index < -0.39 is 0 Å². The first-order valence-corrected chi connectivity index (χ1v) is 6.64. The molecular weight excluding hydrogens is 296 g/mol. The van der Waals surface area contributed by atoms with Gasteiger partial charge in [0.1, 0.15) is 5.75 Å². The molecule has 0 spiro atoms. The second-order valence-corrected chi connectivity index (χ2v) is 5.15. The van der Waals surface area contributed by atoms with Gasteiger partial charge in [0.15, 0.2) is 0 Å². The van der Waals surface area contributed by atoms with E-state index in [-0.39, 0.29) is 11.9 Å². The molecule has 0 saturated carbocycles. The van der Waals surface area contributed by atoms with Gasteiger partial charge in [-0.3, -0.25) is 4.79 Å². The van der Waals surface area contributed by atoms with Crippen molar-refractivity contribution in [1.29, 1.82) is 0 Å². The highest BCUT2D eigenvalue weighted by Crippen LogP contribution is 2.25. The van der Waals surface area contributed by atoms with Gasteiger partial charge in [0, 0.05) is 12.6 Å². The van der Waals surface area contributed by atoms with Gasteiger partial charge < -0.3 is 15.4 Å². The minimum atomic E-state index is 0.0116. The zero-order valence-electron chi connectivity index (χ0n) is 10.9. The first kappa shape index (κ1) is 15.0. The van der Waals surface area contributed by atoms with Crippen molar-refractivity contribution in [2.45, 2.75) is 26.4 Å². The molecule has 0 fully saturated rings. The predicted octanol–water partition coefficient (Wildman–Crippen LogP) is 2.07. The van der Waals surface area contributed by atoms with E-state index in [1.807, 2.05) is 32.0 Å². The highest BCUT2D eigenvalue weighted by molar-refractivity contribution is 9.10. The van der Waals surface area contributed by atoms with E-state index in [0.717, 1.165) is 15.8 Å². The molecule has 0 aliphatic carbocycles. The number of hydrogen-bond donors (Lipinski definition) is 2. The molecule has 0 aliphatic rings. The van der Waals surface area contributed by atoms with Gasteiger partial charge in [0.2, 0.25) is 5.91 Å². The van der Waals surface area contributed by atoms with E-state index in [4.69, 9.17) is 4.74 Å². The van der Waals surface area contributed by atoms with Crippen molar-refractivity contribution >= 4 is 21.8 Å². The SMILES string of the molecule is COc1ccc(CNCC(=O)NC(C)C)cc1Br. The Hall–Kier alpha value is -1.07. The van der Waals surface area contributed by atoms with Crippen LogP contribution in [0.5, 0.6) is 5.75 Å². The number of nitrogens with one attached hydrogen (secondary N) is 2. The number of ether oxygens (including phenoxy) is 1. The van der Waals surface area contributed by atoms with Crippen molar-refractivity contribution in [3.63, 3.8) is 0 Å². The van der Waals surface area contributed by atoms with Crippen LogP contribution in [0, 0.1) is 0 Å². The van der Waals surface area contributed by atoms with Crippen molar-refractivity contribution < 1.29 is 9.53 Å². The zero-order chi connectivity index (χ0) is 13.5. The molecule has 1 aromatic carbocycles. The Balaban J connectivity index is 2.40. The first-order chi connectivity index (χ1) is 8.52. The molecule has 5 heteroatoms. The van der Waals surface area contributed by atoms with Gasteiger partial charge in [-0.1, -0.05) is 6.07 Å². The second-order valence-electron chi connectivity index (χ2n) is 4.29. The third-order valence-corrected chi connectivity index (χ3v) is 2.90. The van der Waals surface area contributed by atoms with Crippen LogP contribution in [0.2, 0.25) is 0 Å². The van der Waals surface area contributed by atoms with E-state index >= 15 is 0 Å². The quantitative estimate of drug-likeness (QED) is 0.845. The first-order valence-electron chi connectivity index (χ1n) is 5.85. The van der Waals surface area contributed by atoms with E-state index in [1.165, 1.54) is 0 Å². The maximum absolute atomic E-state index is 11.4. The topological polar surface area (TPSA) is 50.4 Å². The summed E-state index contributed by atoms with van der Waals surface area (Å²) < 4.78 is 6.07. The summed E-state index contributed by atoms with van der Waals surface area (Å²) >= 11 is 3.43. The Bertz CT molecular complexity index is 408. The molecule has 0 saturated heterocycles. The van der Waals surface area contributed by atoms with Crippen LogP contribution < -0.4 is 15.4 Å². The molecule has 0 atom stereocenters. The molecule has 1 rings (SSSR count). The predicted molar refractivity (Wildman–Crippen MR) is 75.7 cm³/mol. The molecule has 2 N–H and O–H groups in total. The lowest BCUT2D eigenvalue weighted by atomic mass is 10.2. The average molecular weight is 315 g/mol. The number of halogens is 1. The molecule has 0 radical (unpaired) electrons. The van der Waals surface area contributed by atoms with Gasteiger partial charge in [0.05, 0.1) is 18.1 Å². The number of amides is 1. The lowest BCUT2D eigenvalue weighted by molar-refractivity contribution is -0.120. The Kier molecular flexibility index (Phi) is 6.15. The zero-order valence-corrected chi connectivity index (χ0v) is 12.5. The van der Waals surface area contributed by atoms with E-state index in [2.05, 4.69) is 26.6 Å². The van der Waals surface area contributed by atoms with Crippen LogP contribution in [-0.4, -0.2) is 25.6 Å². The molecule has 0 aliphatic heterocycles. The smallest absolute Gasteiger partial charge is 0.234 e. The summed E-state index contributed by atoms with van der Waals surface area (Å²) in [5, 5.41) is 5.93. The van der Waals surface area contributed by atoms with Gasteiger partial charge in [-0.2, -0.15) is 0 Å². The summed E-state index contributed by atoms with van der Waals surface area (Å²) in [5.74, 6) is 0.814. The van der Waals surface area contributed by atoms with Crippen LogP contribution in [0.4, 0.5) is 0 Å². The Morgan fingerprint density at radius 1 is 1.44 bits per heavy atom. The molecular formula is C13H19BrN2O2. The average Bonchev–Trinajstić information content (AvgIpc) is 2.28. The van der Waals surface area contributed by atoms with Gasteiger partial charge >= 0.3 is 0 Å². The normalized spacial score (nSPS) is 10.5. The molecule has 0 aromatic heterocycles. The molecule has 0 heterocycles. The number of carbonyl (C=O) groups is 1. The van der Waals surface area contributed by atoms with Crippen molar-refractivity contribution in [1.82, 2.24) is 10.6 Å². The summed E-state index contributed by atoms with van der Waals surface area (Å²) in [6.07, 6.45) is 0. The number of hydrogen-bond acceptors (Lipinski definition) is 3. The van der Waals surface area contributed by atoms with Crippen molar-refractivity contribution in [3.05, 3.63) is 28.2 Å². The van der Waals surface area contributed by atoms with Crippen LogP contribution in [0.25, 0.3) is 0 Å². The molecule has 0 bridgehead atoms. The number of methoxy groups -OCH3 is 1. The fraction of sp³-hybridized carbons (Fsp3) is 0.462. The number of carbonyl (C=O) groups excluding carboxylic acids is 1. The van der Waals surface area contributed by atoms with Crippen molar-refractivity contribution in [3.8, 4) is 5.75 Å². The Labute approximate surface area is 116 Å². The van der Waals surface area contributed by atoms with Crippen LogP contribution >= 0.6 is 15.9 Å². The van der Waals surface area contributed by atoms with Crippen LogP contribution in [-0.2, 0) is 11.3 Å². The largest absolute Gasteiger partial charge is 0.496 e. The molecule has 1 aromatic rings. The molecule has 18 heavy (non-hydrogen) atoms. The monoisotopic (exact) mass is 314 g/mol. The van der Waals surface area contributed by atoms with E-state index in [0.29, 0.717) is 13.1 Å². The highest BCUT2D eigenvalue weighted by Gasteiger charge is 2.04. The maximum Gasteiger partial charge on any atom is 0.234 e. The minimum Gasteiger partial charge on any atom is -0.496 e. The lowest BCUT2D eigenvalue weighted by Gasteiger charge is -2.10. The third kappa shape index (κ3) is 5.06. The standard InChI is InChI=1S/C13H19BrN2O2/c1-9(2)16-13(17)8-15-7-10-4-5-12(18-3)11(14)6-10/h4-6,9,15H,7-8H2,1-3H3,(H,16,17). The Morgan fingerprint density at radius 3 is 2.72 bits per heavy atom. The lowest BCUT2D eigenvalue weighted by Crippen LogP contribution is -2.37. The fourth-order valence-electron chi connectivity index (χ4n) is 1.51. The van der Waals surface area contributed by atoms with Gasteiger partial charge in [-0.05, 0) is 47.5 Å². The van der Waals surface area contributed by atoms with Crippen molar-refractivity contribution in [2.24, 2.45) is 0 Å². The summed E-state index contributed by atoms with van der Waals surface area (Å²) in [7, 11) is 1.63. The second kappa shape index (κ2) is 7.38. The number of rotatable bonds is 6. The molecule has 1 amide bonds. The molecule has 4 nitrogen and oxygen atoms in total. The van der Waals surface area contributed by atoms with Gasteiger partial charge in [-0.25, -0.2) is 0 Å². The highest BCUT2D eigenvalue weighted by atomic mass is 79.9. The van der Waals surface area contributed by atoms with E-state index in [1.54, 1.807) is 7.11 Å². The summed E-state index contributed by atoms with van der Waals surface area (Å²) in [4.78, 5) is 11.4. The summed E-state index contributed by atoms with van der Waals surface area (Å²) in [6.45, 7) is 4.85. The maximum atomic E-state index is 11.4. The fourth-order valence-corrected chi connectivity index (χ4v) is 2.10. The molecule has 100 valence electrons. The summed E-state index contributed by atoms with van der Waals surface area (Å²) in [5.41, 5.74) is 1.10. The Morgan fingerprint density at radius 2 is 2.17 bits per heavy atom. The van der Waals surface area contributed by atoms with E-state index in [9.17, 15) is 4.79 Å². The van der Waals surface area contributed by atoms with Crippen molar-refractivity contribution in [2.75, 3.05) is 13.7 Å². The van der Waals surface area contributed by atoms with Crippen LogP contribution in [0.15, 0.2) is 22.7 Å². The van der Waals surface area contributed by atoms with Crippen LogP contribution in [0.1, 0.15) is 19.4 Å². The molecule has 0 unspecified atom stereocenters. The number of benzene rings is 1. The van der Waals surface area contributed by atoms with Gasteiger partial charge in [-0.15, -0.1) is 0 Å². The van der Waals surface area contributed by atoms with Crippen LogP contribution in [0.3, 0.4) is 0 Å². The third-order valence-electron chi connectivity index (χ3n) is 2.28. The van der Waals surface area contributed by atoms with Gasteiger partial charge in [0.25, 0.3) is 0 Å². The summed E-state index contributed by atoms with van der Waals surface area (Å²) in [6, 6.07) is 6.02. The minimum absolute atomic E-state index is 0.0116.